The molecule has 2 aromatic heterocycles. The van der Waals surface area contributed by atoms with Crippen LogP contribution in [0.2, 0.25) is 0 Å². The molecule has 0 atom stereocenters. The molecule has 1 aliphatic carbocycles. The second-order valence-corrected chi connectivity index (χ2v) is 10.4. The number of hydrogen-bond acceptors (Lipinski definition) is 8. The van der Waals surface area contributed by atoms with Gasteiger partial charge in [-0.2, -0.15) is 4.98 Å². The normalized spacial score (nSPS) is 16.3. The largest absolute Gasteiger partial charge is 0.369 e. The van der Waals surface area contributed by atoms with E-state index >= 15 is 0 Å². The minimum Gasteiger partial charge on any atom is -0.369 e. The lowest BCUT2D eigenvalue weighted by atomic mass is 9.89. The predicted molar refractivity (Wildman–Crippen MR) is 156 cm³/mol. The summed E-state index contributed by atoms with van der Waals surface area (Å²) < 4.78 is 0. The third kappa shape index (κ3) is 7.07. The molecule has 0 amide bonds. The van der Waals surface area contributed by atoms with Gasteiger partial charge >= 0.3 is 0 Å². The third-order valence-corrected chi connectivity index (χ3v) is 7.59. The lowest BCUT2D eigenvalue weighted by Crippen LogP contribution is -2.43. The molecular weight excluding hydrogens is 472 g/mol. The fourth-order valence-electron chi connectivity index (χ4n) is 5.32. The highest BCUT2D eigenvalue weighted by Gasteiger charge is 2.18. The summed E-state index contributed by atoms with van der Waals surface area (Å²) in [6.45, 7) is 5.52. The minimum absolute atomic E-state index is 0.395. The Balaban J connectivity index is 1.27. The number of benzene rings is 1. The van der Waals surface area contributed by atoms with Gasteiger partial charge in [-0.25, -0.2) is 9.97 Å². The van der Waals surface area contributed by atoms with E-state index in [-0.39, 0.29) is 0 Å². The van der Waals surface area contributed by atoms with E-state index in [4.69, 9.17) is 10.4 Å². The molecule has 0 unspecified atom stereocenters. The molecular formula is C30H40N8. The van der Waals surface area contributed by atoms with Crippen LogP contribution in [0.25, 0.3) is 0 Å². The predicted octanol–water partition coefficient (Wildman–Crippen LogP) is 4.73. The summed E-state index contributed by atoms with van der Waals surface area (Å²) >= 11 is 0. The van der Waals surface area contributed by atoms with Gasteiger partial charge in [-0.3, -0.25) is 5.41 Å². The SMILES string of the molecule is N=C(c1ccc(N2CCNCC2)nc1)c1cnc(NCCCc2ccccc2)nc1NCC1CCCCC1. The summed E-state index contributed by atoms with van der Waals surface area (Å²) in [5.41, 5.74) is 3.22. The summed E-state index contributed by atoms with van der Waals surface area (Å²) in [5, 5.41) is 19.3. The molecule has 1 aromatic carbocycles. The van der Waals surface area contributed by atoms with Crippen molar-refractivity contribution >= 4 is 23.3 Å². The molecule has 3 heterocycles. The van der Waals surface area contributed by atoms with Crippen LogP contribution in [0.5, 0.6) is 0 Å². The monoisotopic (exact) mass is 512 g/mol. The summed E-state index contributed by atoms with van der Waals surface area (Å²) in [7, 11) is 0. The van der Waals surface area contributed by atoms with E-state index in [0.29, 0.717) is 23.1 Å². The van der Waals surface area contributed by atoms with Crippen molar-refractivity contribution in [1.82, 2.24) is 20.3 Å². The van der Waals surface area contributed by atoms with Crippen molar-refractivity contribution in [1.29, 1.82) is 5.41 Å². The van der Waals surface area contributed by atoms with E-state index in [0.717, 1.165) is 69.3 Å². The smallest absolute Gasteiger partial charge is 0.224 e. The Morgan fingerprint density at radius 2 is 1.76 bits per heavy atom. The second-order valence-electron chi connectivity index (χ2n) is 10.4. The number of rotatable bonds is 11. The Morgan fingerprint density at radius 1 is 0.947 bits per heavy atom. The molecule has 8 heteroatoms. The van der Waals surface area contributed by atoms with Crippen LogP contribution in [0, 0.1) is 11.3 Å². The van der Waals surface area contributed by atoms with Gasteiger partial charge < -0.3 is 20.9 Å². The molecule has 200 valence electrons. The number of piperazine rings is 1. The van der Waals surface area contributed by atoms with Gasteiger partial charge in [0.2, 0.25) is 5.95 Å². The molecule has 4 N–H and O–H groups in total. The molecule has 5 rings (SSSR count). The molecule has 1 aliphatic heterocycles. The van der Waals surface area contributed by atoms with Gasteiger partial charge in [0.05, 0.1) is 11.3 Å². The molecule has 1 saturated heterocycles. The van der Waals surface area contributed by atoms with Crippen molar-refractivity contribution < 1.29 is 0 Å². The van der Waals surface area contributed by atoms with Crippen LogP contribution in [-0.2, 0) is 6.42 Å². The van der Waals surface area contributed by atoms with E-state index in [9.17, 15) is 0 Å². The summed E-state index contributed by atoms with van der Waals surface area (Å²) in [5.74, 6) is 2.95. The first-order valence-corrected chi connectivity index (χ1v) is 14.2. The van der Waals surface area contributed by atoms with Gasteiger partial charge in [0.1, 0.15) is 11.6 Å². The maximum atomic E-state index is 8.98. The number of nitrogens with one attached hydrogen (secondary N) is 4. The fraction of sp³-hybridized carbons (Fsp3) is 0.467. The van der Waals surface area contributed by atoms with Crippen LogP contribution in [0.4, 0.5) is 17.6 Å². The maximum absolute atomic E-state index is 8.98. The van der Waals surface area contributed by atoms with Gasteiger partial charge in [-0.05, 0) is 49.3 Å². The molecule has 8 nitrogen and oxygen atoms in total. The van der Waals surface area contributed by atoms with E-state index < -0.39 is 0 Å². The molecule has 38 heavy (non-hydrogen) atoms. The van der Waals surface area contributed by atoms with Crippen molar-refractivity contribution in [2.75, 3.05) is 54.8 Å². The first kappa shape index (κ1) is 26.1. The molecule has 0 spiro atoms. The Kier molecular flexibility index (Phi) is 9.15. The first-order valence-electron chi connectivity index (χ1n) is 14.2. The number of nitrogens with zero attached hydrogens (tertiary/aromatic N) is 4. The maximum Gasteiger partial charge on any atom is 0.224 e. The number of anilines is 3. The second kappa shape index (κ2) is 13.3. The number of aryl methyl sites for hydroxylation is 1. The average Bonchev–Trinajstić information content (AvgIpc) is 2.99. The van der Waals surface area contributed by atoms with Gasteiger partial charge in [-0.1, -0.05) is 49.6 Å². The van der Waals surface area contributed by atoms with Crippen LogP contribution in [-0.4, -0.2) is 59.9 Å². The average molecular weight is 513 g/mol. The van der Waals surface area contributed by atoms with Gasteiger partial charge in [0, 0.05) is 57.2 Å². The standard InChI is InChI=1S/C30H40N8/c31-28(25-13-14-27(34-21-25)38-18-16-32-17-19-38)26-22-36-30(33-15-7-12-23-8-3-1-4-9-23)37-29(26)35-20-24-10-5-2-6-11-24/h1,3-4,8-9,13-14,21-22,24,31-32H,2,5-7,10-12,15-20H2,(H2,33,35,36,37). The van der Waals surface area contributed by atoms with Crippen molar-refractivity contribution in [2.45, 2.75) is 44.9 Å². The lowest BCUT2D eigenvalue weighted by molar-refractivity contribution is 0.373. The van der Waals surface area contributed by atoms with Gasteiger partial charge in [0.15, 0.2) is 0 Å². The van der Waals surface area contributed by atoms with E-state index in [2.05, 4.69) is 55.1 Å². The molecule has 1 saturated carbocycles. The van der Waals surface area contributed by atoms with Crippen molar-refractivity contribution in [3.63, 3.8) is 0 Å². The van der Waals surface area contributed by atoms with E-state index in [1.54, 1.807) is 12.4 Å². The summed E-state index contributed by atoms with van der Waals surface area (Å²) in [4.78, 5) is 16.4. The topological polar surface area (TPSA) is 102 Å². The molecule has 2 aliphatic rings. The quantitative estimate of drug-likeness (QED) is 0.218. The van der Waals surface area contributed by atoms with Gasteiger partial charge in [-0.15, -0.1) is 0 Å². The Labute approximate surface area is 226 Å². The van der Waals surface area contributed by atoms with Crippen LogP contribution >= 0.6 is 0 Å². The van der Waals surface area contributed by atoms with E-state index in [1.807, 2.05) is 18.2 Å². The number of hydrogen-bond donors (Lipinski definition) is 4. The Bertz CT molecular complexity index is 1150. The molecule has 0 radical (unpaired) electrons. The summed E-state index contributed by atoms with van der Waals surface area (Å²) in [6.07, 6.45) is 12.1. The zero-order chi connectivity index (χ0) is 26.0. The minimum atomic E-state index is 0.395. The number of aromatic nitrogens is 3. The zero-order valence-electron chi connectivity index (χ0n) is 22.3. The highest BCUT2D eigenvalue weighted by molar-refractivity contribution is 6.13. The van der Waals surface area contributed by atoms with Gasteiger partial charge in [0.25, 0.3) is 0 Å². The Morgan fingerprint density at radius 3 is 2.53 bits per heavy atom. The Hall–Kier alpha value is -3.52. The number of pyridine rings is 1. The van der Waals surface area contributed by atoms with E-state index in [1.165, 1.54) is 37.7 Å². The van der Waals surface area contributed by atoms with Crippen molar-refractivity contribution in [3.8, 4) is 0 Å². The van der Waals surface area contributed by atoms with Crippen molar-refractivity contribution in [3.05, 3.63) is 71.5 Å². The zero-order valence-corrected chi connectivity index (χ0v) is 22.3. The molecule has 3 aromatic rings. The fourth-order valence-corrected chi connectivity index (χ4v) is 5.32. The molecule has 0 bridgehead atoms. The highest BCUT2D eigenvalue weighted by Crippen LogP contribution is 2.25. The highest BCUT2D eigenvalue weighted by atomic mass is 15.2. The van der Waals surface area contributed by atoms with Crippen LogP contribution in [0.1, 0.15) is 55.2 Å². The first-order chi connectivity index (χ1) is 18.8. The van der Waals surface area contributed by atoms with Crippen LogP contribution < -0.4 is 20.9 Å². The lowest BCUT2D eigenvalue weighted by Gasteiger charge is -2.28. The van der Waals surface area contributed by atoms with Crippen molar-refractivity contribution in [2.24, 2.45) is 5.92 Å². The van der Waals surface area contributed by atoms with Crippen LogP contribution in [0.15, 0.2) is 54.9 Å². The summed E-state index contributed by atoms with van der Waals surface area (Å²) in [6, 6.07) is 14.6. The van der Waals surface area contributed by atoms with Crippen LogP contribution in [0.3, 0.4) is 0 Å². The molecule has 2 fully saturated rings. The third-order valence-electron chi connectivity index (χ3n) is 7.59.